The first-order chi connectivity index (χ1) is 13.9. The molecule has 0 saturated heterocycles. The Morgan fingerprint density at radius 2 is 2.00 bits per heavy atom. The summed E-state index contributed by atoms with van der Waals surface area (Å²) in [4.78, 5) is 37.7. The molecule has 154 valence electrons. The molecule has 0 bridgehead atoms. The van der Waals surface area contributed by atoms with Crippen LogP contribution in [0.2, 0.25) is 0 Å². The zero-order chi connectivity index (χ0) is 21.4. The van der Waals surface area contributed by atoms with Crippen molar-refractivity contribution in [3.63, 3.8) is 0 Å². The van der Waals surface area contributed by atoms with E-state index in [-0.39, 0.29) is 47.8 Å². The first-order valence-electron chi connectivity index (χ1n) is 8.19. The van der Waals surface area contributed by atoms with Gasteiger partial charge in [0.05, 0.1) is 30.1 Å². The fourth-order valence-corrected chi connectivity index (χ4v) is 2.84. The van der Waals surface area contributed by atoms with Crippen molar-refractivity contribution in [1.82, 2.24) is 10.9 Å². The number of carbonyl (C=O) groups is 1. The Kier molecular flexibility index (Phi) is 8.33. The molecule has 0 aromatic heterocycles. The largest absolute Gasteiger partial charge is 0.350 e. The Bertz CT molecular complexity index is 929. The summed E-state index contributed by atoms with van der Waals surface area (Å²) in [5, 5.41) is 7.68. The van der Waals surface area contributed by atoms with Crippen molar-refractivity contribution < 1.29 is 18.4 Å². The zero-order valence-electron chi connectivity index (χ0n) is 15.1. The number of anilines is 2. The first kappa shape index (κ1) is 22.5. The lowest BCUT2D eigenvalue weighted by Gasteiger charge is -2.18. The smallest absolute Gasteiger partial charge is 0.277 e. The highest BCUT2D eigenvalue weighted by molar-refractivity contribution is 14.1. The fourth-order valence-electron chi connectivity index (χ4n) is 2.38. The van der Waals surface area contributed by atoms with E-state index in [2.05, 4.69) is 26.7 Å². The van der Waals surface area contributed by atoms with E-state index in [1.807, 2.05) is 22.6 Å². The van der Waals surface area contributed by atoms with Crippen molar-refractivity contribution in [3.8, 4) is 0 Å². The average molecular weight is 519 g/mol. The Morgan fingerprint density at radius 3 is 2.66 bits per heavy atom. The van der Waals surface area contributed by atoms with E-state index >= 15 is 4.39 Å². The summed E-state index contributed by atoms with van der Waals surface area (Å²) in [6.45, 7) is 0.949. The van der Waals surface area contributed by atoms with E-state index in [0.29, 0.717) is 3.57 Å². The Hall–Kier alpha value is -2.74. The van der Waals surface area contributed by atoms with Crippen LogP contribution >= 0.6 is 22.6 Å². The van der Waals surface area contributed by atoms with Crippen LogP contribution in [0, 0.1) is 31.9 Å². The van der Waals surface area contributed by atoms with Crippen LogP contribution in [-0.2, 0) is 11.4 Å². The number of nitrogens with zero attached hydrogens (tertiary/aromatic N) is 2. The van der Waals surface area contributed by atoms with Crippen molar-refractivity contribution in [1.29, 1.82) is 0 Å². The summed E-state index contributed by atoms with van der Waals surface area (Å²) in [6, 6.07) is 5.59. The maximum atomic E-state index is 15.0. The maximum Gasteiger partial charge on any atom is 0.277 e. The number of benzene rings is 2. The average Bonchev–Trinajstić information content (AvgIpc) is 2.69. The highest BCUT2D eigenvalue weighted by Gasteiger charge is 2.22. The van der Waals surface area contributed by atoms with E-state index in [9.17, 15) is 19.0 Å². The molecule has 0 aliphatic rings. The molecule has 0 fully saturated rings. The molecule has 0 saturated carbocycles. The number of nitroso groups, excluding NO2 is 2. The van der Waals surface area contributed by atoms with E-state index < -0.39 is 17.5 Å². The SMILES string of the molecule is Cc1c(CNN=O)cc(C(=O)NOCCN=O)c(Nc2ccc(I)cc2F)c1F. The van der Waals surface area contributed by atoms with Gasteiger partial charge in [-0.1, -0.05) is 5.18 Å². The molecule has 0 spiro atoms. The van der Waals surface area contributed by atoms with Crippen LogP contribution in [0.5, 0.6) is 0 Å². The van der Waals surface area contributed by atoms with E-state index in [4.69, 9.17) is 4.84 Å². The molecule has 2 aromatic rings. The summed E-state index contributed by atoms with van der Waals surface area (Å²) < 4.78 is 29.9. The molecule has 0 atom stereocenters. The van der Waals surface area contributed by atoms with E-state index in [0.717, 1.165) is 0 Å². The number of hydrogen-bond donors (Lipinski definition) is 3. The molecule has 3 N–H and O–H groups in total. The summed E-state index contributed by atoms with van der Waals surface area (Å²) in [6.07, 6.45) is 0. The predicted octanol–water partition coefficient (Wildman–Crippen LogP) is 3.82. The number of nitrogens with one attached hydrogen (secondary N) is 3. The molecule has 0 radical (unpaired) electrons. The highest BCUT2D eigenvalue weighted by atomic mass is 127. The lowest BCUT2D eigenvalue weighted by molar-refractivity contribution is 0.0344. The zero-order valence-corrected chi connectivity index (χ0v) is 17.2. The van der Waals surface area contributed by atoms with Crippen molar-refractivity contribution in [2.75, 3.05) is 18.5 Å². The van der Waals surface area contributed by atoms with E-state index in [1.165, 1.54) is 25.1 Å². The van der Waals surface area contributed by atoms with Crippen LogP contribution in [0.15, 0.2) is 34.7 Å². The molecule has 0 unspecified atom stereocenters. The normalized spacial score (nSPS) is 10.3. The second kappa shape index (κ2) is 10.7. The molecule has 12 heteroatoms. The molecule has 0 aliphatic carbocycles. The number of rotatable bonds is 10. The molecular weight excluding hydrogens is 503 g/mol. The number of amides is 1. The molecule has 0 aliphatic heterocycles. The molecule has 2 aromatic carbocycles. The van der Waals surface area contributed by atoms with Crippen LogP contribution in [-0.4, -0.2) is 19.1 Å². The summed E-state index contributed by atoms with van der Waals surface area (Å²) in [7, 11) is 0. The number of halogens is 3. The molecule has 0 heterocycles. The van der Waals surface area contributed by atoms with Crippen LogP contribution in [0.4, 0.5) is 20.2 Å². The third-order valence-electron chi connectivity index (χ3n) is 3.84. The van der Waals surface area contributed by atoms with Crippen LogP contribution in [0.3, 0.4) is 0 Å². The Balaban J connectivity index is 2.45. The fraction of sp³-hybridized carbons (Fsp3) is 0.235. The second-order valence-electron chi connectivity index (χ2n) is 5.70. The van der Waals surface area contributed by atoms with Gasteiger partial charge in [-0.3, -0.25) is 15.1 Å². The lowest BCUT2D eigenvalue weighted by Crippen LogP contribution is -2.26. The summed E-state index contributed by atoms with van der Waals surface area (Å²) >= 11 is 1.93. The number of hydrogen-bond acceptors (Lipinski definition) is 7. The topological polar surface area (TPSA) is 121 Å². The first-order valence-corrected chi connectivity index (χ1v) is 9.27. The quantitative estimate of drug-likeness (QED) is 0.190. The van der Waals surface area contributed by atoms with Gasteiger partial charge in [-0.2, -0.15) is 4.91 Å². The molecule has 9 nitrogen and oxygen atoms in total. The third kappa shape index (κ3) is 5.87. The van der Waals surface area contributed by atoms with Crippen molar-refractivity contribution in [3.05, 3.63) is 66.0 Å². The van der Waals surface area contributed by atoms with Crippen LogP contribution in [0.25, 0.3) is 0 Å². The van der Waals surface area contributed by atoms with Gasteiger partial charge in [0.15, 0.2) is 5.82 Å². The lowest BCUT2D eigenvalue weighted by atomic mass is 10.0. The Morgan fingerprint density at radius 1 is 1.24 bits per heavy atom. The van der Waals surface area contributed by atoms with Gasteiger partial charge in [0.25, 0.3) is 5.91 Å². The molecular formula is C17H16F2IN5O4. The standard InChI is InChI=1S/C17H16F2IN5O4/c1-9-10(8-21-25-28)6-12(17(26)24-29-5-4-22-27)16(15(9)19)23-14-3-2-11(20)7-13(14)18/h2-3,6-7,23H,4-5,8H2,1H3,(H,21,28)(H,24,26). The minimum absolute atomic E-state index is 0.0377. The molecule has 1 amide bonds. The van der Waals surface area contributed by atoms with Gasteiger partial charge in [0.1, 0.15) is 12.4 Å². The van der Waals surface area contributed by atoms with Gasteiger partial charge in [0, 0.05) is 8.86 Å². The maximum absolute atomic E-state index is 15.0. The van der Waals surface area contributed by atoms with Crippen LogP contribution < -0.4 is 16.2 Å². The van der Waals surface area contributed by atoms with Gasteiger partial charge in [-0.15, -0.1) is 4.91 Å². The van der Waals surface area contributed by atoms with Gasteiger partial charge in [-0.25, -0.2) is 14.3 Å². The van der Waals surface area contributed by atoms with Gasteiger partial charge < -0.3 is 5.32 Å². The van der Waals surface area contributed by atoms with Gasteiger partial charge in [0.2, 0.25) is 0 Å². The minimum atomic E-state index is -0.844. The van der Waals surface area contributed by atoms with Crippen molar-refractivity contribution >= 4 is 39.9 Å². The predicted molar refractivity (Wildman–Crippen MR) is 110 cm³/mol. The minimum Gasteiger partial charge on any atom is -0.350 e. The second-order valence-corrected chi connectivity index (χ2v) is 6.95. The van der Waals surface area contributed by atoms with E-state index in [1.54, 1.807) is 6.07 Å². The summed E-state index contributed by atoms with van der Waals surface area (Å²) in [5.41, 5.74) is 4.13. The molecule has 29 heavy (non-hydrogen) atoms. The number of hydroxylamine groups is 1. The van der Waals surface area contributed by atoms with Crippen molar-refractivity contribution in [2.24, 2.45) is 10.5 Å². The third-order valence-corrected chi connectivity index (χ3v) is 4.51. The van der Waals surface area contributed by atoms with Crippen LogP contribution in [0.1, 0.15) is 21.5 Å². The number of carbonyl (C=O) groups excluding carboxylic acids is 1. The van der Waals surface area contributed by atoms with Gasteiger partial charge >= 0.3 is 0 Å². The Labute approximate surface area is 177 Å². The summed E-state index contributed by atoms with van der Waals surface area (Å²) in [5.74, 6) is -2.29. The van der Waals surface area contributed by atoms with Gasteiger partial charge in [-0.05, 0) is 64.9 Å². The molecule has 2 rings (SSSR count). The monoisotopic (exact) mass is 519 g/mol. The van der Waals surface area contributed by atoms with Crippen molar-refractivity contribution in [2.45, 2.75) is 13.5 Å². The highest BCUT2D eigenvalue weighted by Crippen LogP contribution is 2.31.